The minimum atomic E-state index is -3.83. The van der Waals surface area contributed by atoms with Crippen LogP contribution in [0.1, 0.15) is 25.3 Å². The summed E-state index contributed by atoms with van der Waals surface area (Å²) >= 11 is 0. The summed E-state index contributed by atoms with van der Waals surface area (Å²) in [5.74, 6) is 4.42. The molecule has 20 heavy (non-hydrogen) atoms. The summed E-state index contributed by atoms with van der Waals surface area (Å²) in [7, 11) is -3.83. The normalized spacial score (nSPS) is 21.1. The second-order valence-corrected chi connectivity index (χ2v) is 6.42. The van der Waals surface area contributed by atoms with Crippen molar-refractivity contribution in [3.05, 3.63) is 29.6 Å². The third kappa shape index (κ3) is 3.37. The number of aliphatic hydroxyl groups is 1. The predicted molar refractivity (Wildman–Crippen MR) is 72.9 cm³/mol. The van der Waals surface area contributed by atoms with E-state index >= 15 is 0 Å². The van der Waals surface area contributed by atoms with Gasteiger partial charge in [0.05, 0.1) is 0 Å². The fraction of sp³-hybridized carbons (Fsp3) is 0.429. The van der Waals surface area contributed by atoms with Crippen molar-refractivity contribution >= 4 is 10.0 Å². The summed E-state index contributed by atoms with van der Waals surface area (Å²) in [6.07, 6.45) is 1.71. The summed E-state index contributed by atoms with van der Waals surface area (Å²) in [6, 6.07) is 3.59. The fourth-order valence-corrected chi connectivity index (χ4v) is 3.42. The number of sulfonamides is 1. The van der Waals surface area contributed by atoms with Gasteiger partial charge in [-0.3, -0.25) is 0 Å². The summed E-state index contributed by atoms with van der Waals surface area (Å²) in [6.45, 7) is 1.66. The van der Waals surface area contributed by atoms with Gasteiger partial charge in [0.25, 0.3) is 0 Å². The molecule has 0 heterocycles. The van der Waals surface area contributed by atoms with Crippen LogP contribution in [0.3, 0.4) is 0 Å². The van der Waals surface area contributed by atoms with Crippen molar-refractivity contribution in [3.63, 3.8) is 0 Å². The van der Waals surface area contributed by atoms with Gasteiger partial charge in [0, 0.05) is 11.6 Å². The molecule has 1 fully saturated rings. The van der Waals surface area contributed by atoms with Crippen LogP contribution in [0.25, 0.3) is 0 Å². The number of hydrogen-bond acceptors (Lipinski definition) is 3. The molecule has 4 nitrogen and oxygen atoms in total. The van der Waals surface area contributed by atoms with Crippen LogP contribution in [-0.4, -0.2) is 26.2 Å². The van der Waals surface area contributed by atoms with Crippen LogP contribution >= 0.6 is 0 Å². The number of hydrogen-bond donors (Lipinski definition) is 2. The minimum Gasteiger partial charge on any atom is -0.384 e. The zero-order valence-electron chi connectivity index (χ0n) is 11.1. The van der Waals surface area contributed by atoms with E-state index in [-0.39, 0.29) is 17.5 Å². The monoisotopic (exact) mass is 297 g/mol. The zero-order valence-corrected chi connectivity index (χ0v) is 11.9. The number of benzene rings is 1. The van der Waals surface area contributed by atoms with E-state index < -0.39 is 15.8 Å². The van der Waals surface area contributed by atoms with Gasteiger partial charge in [0.1, 0.15) is 17.3 Å². The molecule has 1 aromatic carbocycles. The molecule has 0 radical (unpaired) electrons. The van der Waals surface area contributed by atoms with Crippen molar-refractivity contribution in [1.29, 1.82) is 0 Å². The Balaban J connectivity index is 2.20. The van der Waals surface area contributed by atoms with E-state index in [0.29, 0.717) is 11.5 Å². The molecule has 0 spiro atoms. The molecule has 6 heteroatoms. The minimum absolute atomic E-state index is 0.0849. The molecule has 1 aromatic rings. The molecule has 0 saturated heterocycles. The standard InChI is InChI=1S/C14H16FNO3S/c1-2-11-9-13(11)16-20(18,19)14-6-5-10(4-3-7-17)8-12(14)15/h5-6,8,11,13,16-17H,2,7,9H2,1H3. The Bertz CT molecular complexity index is 661. The third-order valence-corrected chi connectivity index (χ3v) is 4.81. The van der Waals surface area contributed by atoms with E-state index in [1.54, 1.807) is 0 Å². The molecule has 0 aromatic heterocycles. The number of halogens is 1. The molecule has 1 aliphatic carbocycles. The largest absolute Gasteiger partial charge is 0.384 e. The number of nitrogens with one attached hydrogen (secondary N) is 1. The molecule has 108 valence electrons. The van der Waals surface area contributed by atoms with Crippen LogP contribution < -0.4 is 4.72 Å². The molecular weight excluding hydrogens is 281 g/mol. The first-order valence-electron chi connectivity index (χ1n) is 6.39. The van der Waals surface area contributed by atoms with Crippen molar-refractivity contribution in [2.75, 3.05) is 6.61 Å². The van der Waals surface area contributed by atoms with Crippen LogP contribution in [0.4, 0.5) is 4.39 Å². The predicted octanol–water partition coefficient (Wildman–Crippen LogP) is 1.25. The highest BCUT2D eigenvalue weighted by molar-refractivity contribution is 7.89. The molecule has 2 N–H and O–H groups in total. The van der Waals surface area contributed by atoms with Crippen molar-refractivity contribution < 1.29 is 17.9 Å². The molecule has 2 unspecified atom stereocenters. The Hall–Kier alpha value is -1.42. The van der Waals surface area contributed by atoms with Gasteiger partial charge in [-0.15, -0.1) is 0 Å². The zero-order chi connectivity index (χ0) is 14.8. The molecule has 1 saturated carbocycles. The average molecular weight is 297 g/mol. The summed E-state index contributed by atoms with van der Waals surface area (Å²) in [4.78, 5) is -0.367. The number of rotatable bonds is 4. The highest BCUT2D eigenvalue weighted by Gasteiger charge is 2.39. The maximum absolute atomic E-state index is 13.9. The van der Waals surface area contributed by atoms with Gasteiger partial charge in [0.15, 0.2) is 0 Å². The van der Waals surface area contributed by atoms with Gasteiger partial charge >= 0.3 is 0 Å². The first kappa shape index (κ1) is 15.0. The van der Waals surface area contributed by atoms with Crippen molar-refractivity contribution in [2.24, 2.45) is 5.92 Å². The second kappa shape index (κ2) is 5.92. The van der Waals surface area contributed by atoms with Gasteiger partial charge in [0.2, 0.25) is 10.0 Å². The Labute approximate surface area is 118 Å². The number of aliphatic hydroxyl groups excluding tert-OH is 1. The molecule has 0 bridgehead atoms. The van der Waals surface area contributed by atoms with Crippen LogP contribution in [0, 0.1) is 23.6 Å². The van der Waals surface area contributed by atoms with Gasteiger partial charge in [-0.1, -0.05) is 25.2 Å². The van der Waals surface area contributed by atoms with Crippen LogP contribution in [0.15, 0.2) is 23.1 Å². The Morgan fingerprint density at radius 2 is 2.25 bits per heavy atom. The average Bonchev–Trinajstić information content (AvgIpc) is 3.13. The lowest BCUT2D eigenvalue weighted by molar-refractivity contribution is 0.350. The van der Waals surface area contributed by atoms with Crippen molar-refractivity contribution in [2.45, 2.75) is 30.7 Å². The maximum atomic E-state index is 13.9. The first-order chi connectivity index (χ1) is 9.47. The SMILES string of the molecule is CCC1CC1NS(=O)(=O)c1ccc(C#CCO)cc1F. The van der Waals surface area contributed by atoms with Crippen molar-refractivity contribution in [1.82, 2.24) is 4.72 Å². The van der Waals surface area contributed by atoms with E-state index in [1.807, 2.05) is 6.92 Å². The lowest BCUT2D eigenvalue weighted by atomic mass is 10.2. The van der Waals surface area contributed by atoms with E-state index in [2.05, 4.69) is 16.6 Å². The van der Waals surface area contributed by atoms with E-state index in [9.17, 15) is 12.8 Å². The highest BCUT2D eigenvalue weighted by Crippen LogP contribution is 2.34. The topological polar surface area (TPSA) is 66.4 Å². The van der Waals surface area contributed by atoms with Crippen molar-refractivity contribution in [3.8, 4) is 11.8 Å². The van der Waals surface area contributed by atoms with E-state index in [0.717, 1.165) is 18.9 Å². The molecule has 2 rings (SSSR count). The van der Waals surface area contributed by atoms with Crippen LogP contribution in [0.5, 0.6) is 0 Å². The Kier molecular flexibility index (Phi) is 4.43. The molecule has 0 amide bonds. The van der Waals surface area contributed by atoms with Gasteiger partial charge in [-0.2, -0.15) is 0 Å². The van der Waals surface area contributed by atoms with E-state index in [4.69, 9.17) is 5.11 Å². The molecule has 2 atom stereocenters. The Morgan fingerprint density at radius 3 is 2.80 bits per heavy atom. The van der Waals surface area contributed by atoms with Crippen LogP contribution in [0.2, 0.25) is 0 Å². The molecular formula is C14H16FNO3S. The van der Waals surface area contributed by atoms with Gasteiger partial charge in [-0.05, 0) is 30.5 Å². The van der Waals surface area contributed by atoms with E-state index in [1.165, 1.54) is 12.1 Å². The quantitative estimate of drug-likeness (QED) is 0.822. The lowest BCUT2D eigenvalue weighted by Gasteiger charge is -2.07. The summed E-state index contributed by atoms with van der Waals surface area (Å²) in [5.41, 5.74) is 0.327. The highest BCUT2D eigenvalue weighted by atomic mass is 32.2. The second-order valence-electron chi connectivity index (χ2n) is 4.74. The third-order valence-electron chi connectivity index (χ3n) is 3.29. The summed E-state index contributed by atoms with van der Waals surface area (Å²) < 4.78 is 40.5. The van der Waals surface area contributed by atoms with Gasteiger partial charge in [-0.25, -0.2) is 17.5 Å². The Morgan fingerprint density at radius 1 is 1.50 bits per heavy atom. The smallest absolute Gasteiger partial charge is 0.243 e. The fourth-order valence-electron chi connectivity index (χ4n) is 2.04. The molecule has 1 aliphatic rings. The summed E-state index contributed by atoms with van der Waals surface area (Å²) in [5, 5.41) is 8.56. The van der Waals surface area contributed by atoms with Gasteiger partial charge < -0.3 is 5.11 Å². The lowest BCUT2D eigenvalue weighted by Crippen LogP contribution is -2.27. The van der Waals surface area contributed by atoms with Crippen LogP contribution in [-0.2, 0) is 10.0 Å². The maximum Gasteiger partial charge on any atom is 0.243 e. The first-order valence-corrected chi connectivity index (χ1v) is 7.88. The molecule has 0 aliphatic heterocycles.